The van der Waals surface area contributed by atoms with Crippen molar-refractivity contribution in [2.75, 3.05) is 5.32 Å². The summed E-state index contributed by atoms with van der Waals surface area (Å²) in [5, 5.41) is 6.58. The molecule has 0 atom stereocenters. The summed E-state index contributed by atoms with van der Waals surface area (Å²) in [6.45, 7) is 0.446. The zero-order valence-corrected chi connectivity index (χ0v) is 9.64. The third-order valence-corrected chi connectivity index (χ3v) is 2.34. The Kier molecular flexibility index (Phi) is 3.69. The lowest BCUT2D eigenvalue weighted by atomic mass is 10.3. The van der Waals surface area contributed by atoms with E-state index in [1.807, 2.05) is 0 Å². The molecule has 0 saturated heterocycles. The van der Waals surface area contributed by atoms with Crippen LogP contribution >= 0.6 is 0 Å². The molecule has 0 aliphatic rings. The van der Waals surface area contributed by atoms with E-state index >= 15 is 0 Å². The second kappa shape index (κ2) is 5.42. The van der Waals surface area contributed by atoms with Crippen LogP contribution in [0.5, 0.6) is 0 Å². The summed E-state index contributed by atoms with van der Waals surface area (Å²) < 4.78 is 14.4. The molecule has 18 heavy (non-hydrogen) atoms. The van der Waals surface area contributed by atoms with Gasteiger partial charge in [0.2, 0.25) is 5.91 Å². The van der Waals surface area contributed by atoms with Gasteiger partial charge in [0.15, 0.2) is 0 Å². The van der Waals surface area contributed by atoms with Gasteiger partial charge in [-0.3, -0.25) is 9.48 Å². The largest absolute Gasteiger partial charge is 0.326 e. The van der Waals surface area contributed by atoms with Crippen LogP contribution in [0.25, 0.3) is 0 Å². The van der Waals surface area contributed by atoms with Crippen molar-refractivity contribution in [3.05, 3.63) is 48.0 Å². The highest BCUT2D eigenvalue weighted by Crippen LogP contribution is 2.09. The van der Waals surface area contributed by atoms with Gasteiger partial charge < -0.3 is 11.1 Å². The number of rotatable bonds is 4. The monoisotopic (exact) mass is 248 g/mol. The molecule has 0 spiro atoms. The van der Waals surface area contributed by atoms with Gasteiger partial charge >= 0.3 is 0 Å². The topological polar surface area (TPSA) is 72.9 Å². The highest BCUT2D eigenvalue weighted by atomic mass is 19.1. The molecule has 5 nitrogen and oxygen atoms in total. The molecule has 6 heteroatoms. The van der Waals surface area contributed by atoms with Crippen LogP contribution in [0.1, 0.15) is 5.56 Å². The number of aromatic nitrogens is 2. The first-order valence-corrected chi connectivity index (χ1v) is 5.44. The number of carbonyl (C=O) groups excluding carboxylic acids is 1. The lowest BCUT2D eigenvalue weighted by Gasteiger charge is -2.05. The summed E-state index contributed by atoms with van der Waals surface area (Å²) in [5.41, 5.74) is 6.72. The molecule has 1 heterocycles. The van der Waals surface area contributed by atoms with Crippen molar-refractivity contribution in [1.29, 1.82) is 0 Å². The Labute approximate surface area is 103 Å². The second-order valence-corrected chi connectivity index (χ2v) is 3.81. The number of carbonyl (C=O) groups is 1. The molecular formula is C12H13FN4O. The van der Waals surface area contributed by atoms with Crippen molar-refractivity contribution in [2.45, 2.75) is 13.1 Å². The Hall–Kier alpha value is -2.21. The zero-order chi connectivity index (χ0) is 13.0. The van der Waals surface area contributed by atoms with Gasteiger partial charge in [-0.25, -0.2) is 4.39 Å². The first-order chi connectivity index (χ1) is 8.67. The van der Waals surface area contributed by atoms with Gasteiger partial charge in [-0.2, -0.15) is 5.10 Å². The second-order valence-electron chi connectivity index (χ2n) is 3.81. The average molecular weight is 248 g/mol. The molecule has 3 N–H and O–H groups in total. The van der Waals surface area contributed by atoms with Crippen molar-refractivity contribution < 1.29 is 9.18 Å². The van der Waals surface area contributed by atoms with E-state index < -0.39 is 5.82 Å². The molecule has 0 saturated carbocycles. The maximum absolute atomic E-state index is 12.9. The molecule has 0 fully saturated rings. The molecule has 1 aromatic carbocycles. The molecule has 0 radical (unpaired) electrons. The van der Waals surface area contributed by atoms with Crippen molar-refractivity contribution in [2.24, 2.45) is 5.73 Å². The number of nitrogens with two attached hydrogens (primary N) is 1. The predicted octanol–water partition coefficient (Wildman–Crippen LogP) is 1.12. The maximum Gasteiger partial charge on any atom is 0.246 e. The molecule has 2 rings (SSSR count). The third kappa shape index (κ3) is 3.14. The Morgan fingerprint density at radius 1 is 1.50 bits per heavy atom. The summed E-state index contributed by atoms with van der Waals surface area (Å²) >= 11 is 0. The minimum absolute atomic E-state index is 0.0660. The molecule has 0 aliphatic carbocycles. The summed E-state index contributed by atoms with van der Waals surface area (Å²) in [6, 6.07) is 5.73. The van der Waals surface area contributed by atoms with E-state index in [0.29, 0.717) is 12.2 Å². The van der Waals surface area contributed by atoms with Gasteiger partial charge in [-0.15, -0.1) is 0 Å². The van der Waals surface area contributed by atoms with Crippen LogP contribution in [0.3, 0.4) is 0 Å². The number of benzene rings is 1. The Morgan fingerprint density at radius 3 is 3.00 bits per heavy atom. The van der Waals surface area contributed by atoms with Crippen LogP contribution in [-0.2, 0) is 17.9 Å². The lowest BCUT2D eigenvalue weighted by Crippen LogP contribution is -2.19. The van der Waals surface area contributed by atoms with E-state index in [0.717, 1.165) is 5.56 Å². The van der Waals surface area contributed by atoms with Crippen LogP contribution in [0, 0.1) is 5.82 Å². The zero-order valence-electron chi connectivity index (χ0n) is 9.64. The van der Waals surface area contributed by atoms with E-state index in [2.05, 4.69) is 10.4 Å². The molecule has 1 amide bonds. The maximum atomic E-state index is 12.9. The van der Waals surface area contributed by atoms with E-state index in [1.54, 1.807) is 18.5 Å². The fourth-order valence-electron chi connectivity index (χ4n) is 1.51. The van der Waals surface area contributed by atoms with Crippen LogP contribution < -0.4 is 11.1 Å². The van der Waals surface area contributed by atoms with E-state index in [9.17, 15) is 9.18 Å². The van der Waals surface area contributed by atoms with Crippen LogP contribution in [-0.4, -0.2) is 15.7 Å². The van der Waals surface area contributed by atoms with Gasteiger partial charge in [0.25, 0.3) is 0 Å². The fourth-order valence-corrected chi connectivity index (χ4v) is 1.51. The first kappa shape index (κ1) is 12.3. The standard InChI is InChI=1S/C12H13FN4O/c13-10-2-1-3-11(4-10)16-12(18)8-17-7-9(5-14)6-15-17/h1-4,6-7H,5,8,14H2,(H,16,18). The lowest BCUT2D eigenvalue weighted by molar-refractivity contribution is -0.116. The Bertz CT molecular complexity index is 553. The molecule has 94 valence electrons. The number of hydrogen-bond acceptors (Lipinski definition) is 3. The van der Waals surface area contributed by atoms with Crippen molar-refractivity contribution in [1.82, 2.24) is 9.78 Å². The van der Waals surface area contributed by atoms with E-state index in [-0.39, 0.29) is 12.5 Å². The van der Waals surface area contributed by atoms with Crippen LogP contribution in [0.4, 0.5) is 10.1 Å². The van der Waals surface area contributed by atoms with Gasteiger partial charge in [0.1, 0.15) is 12.4 Å². The highest BCUT2D eigenvalue weighted by molar-refractivity contribution is 5.90. The van der Waals surface area contributed by atoms with Crippen LogP contribution in [0.15, 0.2) is 36.7 Å². The number of anilines is 1. The summed E-state index contributed by atoms with van der Waals surface area (Å²) in [6.07, 6.45) is 3.31. The van der Waals surface area contributed by atoms with Gasteiger partial charge in [0.05, 0.1) is 6.20 Å². The first-order valence-electron chi connectivity index (χ1n) is 5.44. The van der Waals surface area contributed by atoms with Crippen molar-refractivity contribution >= 4 is 11.6 Å². The van der Waals surface area contributed by atoms with E-state index in [4.69, 9.17) is 5.73 Å². The Morgan fingerprint density at radius 2 is 2.33 bits per heavy atom. The predicted molar refractivity (Wildman–Crippen MR) is 65.1 cm³/mol. The number of amides is 1. The molecule has 1 aromatic heterocycles. The summed E-state index contributed by atoms with van der Waals surface area (Å²) in [4.78, 5) is 11.7. The molecule has 0 unspecified atom stereocenters. The van der Waals surface area contributed by atoms with Gasteiger partial charge in [-0.1, -0.05) is 6.07 Å². The summed E-state index contributed by atoms with van der Waals surface area (Å²) in [7, 11) is 0. The van der Waals surface area contributed by atoms with Crippen LogP contribution in [0.2, 0.25) is 0 Å². The SMILES string of the molecule is NCc1cnn(CC(=O)Nc2cccc(F)c2)c1. The highest BCUT2D eigenvalue weighted by Gasteiger charge is 2.05. The average Bonchev–Trinajstić information content (AvgIpc) is 2.76. The number of nitrogens with zero attached hydrogens (tertiary/aromatic N) is 2. The van der Waals surface area contributed by atoms with Crippen molar-refractivity contribution in [3.63, 3.8) is 0 Å². The minimum Gasteiger partial charge on any atom is -0.326 e. The normalized spacial score (nSPS) is 10.3. The molecule has 0 aliphatic heterocycles. The quantitative estimate of drug-likeness (QED) is 0.851. The number of nitrogens with one attached hydrogen (secondary N) is 1. The van der Waals surface area contributed by atoms with Gasteiger partial charge in [0, 0.05) is 24.0 Å². The Balaban J connectivity index is 1.96. The smallest absolute Gasteiger partial charge is 0.246 e. The number of hydrogen-bond donors (Lipinski definition) is 2. The minimum atomic E-state index is -0.391. The molecular weight excluding hydrogens is 235 g/mol. The third-order valence-electron chi connectivity index (χ3n) is 2.34. The summed E-state index contributed by atoms with van der Waals surface area (Å²) in [5.74, 6) is -0.662. The van der Waals surface area contributed by atoms with Crippen molar-refractivity contribution in [3.8, 4) is 0 Å². The molecule has 0 bridgehead atoms. The fraction of sp³-hybridized carbons (Fsp3) is 0.167. The molecule has 2 aromatic rings. The van der Waals surface area contributed by atoms with E-state index in [1.165, 1.54) is 22.9 Å². The van der Waals surface area contributed by atoms with Gasteiger partial charge in [-0.05, 0) is 18.2 Å². The number of halogens is 1.